The molecule has 2 N–H and O–H groups in total. The predicted octanol–water partition coefficient (Wildman–Crippen LogP) is 1.87. The number of aromatic nitrogens is 4. The number of rotatable bonds is 4. The van der Waals surface area contributed by atoms with Crippen molar-refractivity contribution in [3.05, 3.63) is 65.9 Å². The van der Waals surface area contributed by atoms with E-state index in [0.717, 1.165) is 18.7 Å². The zero-order chi connectivity index (χ0) is 19.3. The molecule has 1 aromatic carbocycles. The highest BCUT2D eigenvalue weighted by Crippen LogP contribution is 2.21. The molecular weight excluding hydrogens is 394 g/mol. The number of hydrogen-bond acceptors (Lipinski definition) is 7. The summed E-state index contributed by atoms with van der Waals surface area (Å²) in [5.74, 6) is 0.0900. The summed E-state index contributed by atoms with van der Waals surface area (Å²) in [7, 11) is 0. The van der Waals surface area contributed by atoms with Crippen LogP contribution in [0.2, 0.25) is 0 Å². The van der Waals surface area contributed by atoms with Crippen LogP contribution in [0.1, 0.15) is 27.8 Å². The first-order valence-corrected chi connectivity index (χ1v) is 8.75. The van der Waals surface area contributed by atoms with Gasteiger partial charge >= 0.3 is 0 Å². The highest BCUT2D eigenvalue weighted by molar-refractivity contribution is 6.02. The average Bonchev–Trinajstić information content (AvgIpc) is 3.25. The number of nitrogens with one attached hydrogen (secondary N) is 2. The molecule has 0 radical (unpaired) electrons. The van der Waals surface area contributed by atoms with Crippen LogP contribution in [0, 0.1) is 11.3 Å². The SMILES string of the molecule is Cl.N#Cc1cnc(-n2ccc(C(=O)Nc3ccc(C4CNCCO4)cc3)n2)cn1. The topological polar surface area (TPSA) is 118 Å². The number of morpholine rings is 1. The first kappa shape index (κ1) is 20.4. The van der Waals surface area contributed by atoms with E-state index in [1.807, 2.05) is 30.3 Å². The number of hydrogen-bond donors (Lipinski definition) is 2. The molecule has 148 valence electrons. The lowest BCUT2D eigenvalue weighted by molar-refractivity contribution is 0.0277. The molecule has 10 heteroatoms. The van der Waals surface area contributed by atoms with Gasteiger partial charge in [0.15, 0.2) is 17.2 Å². The van der Waals surface area contributed by atoms with Crippen molar-refractivity contribution in [1.82, 2.24) is 25.1 Å². The molecule has 1 saturated heterocycles. The average molecular weight is 412 g/mol. The number of carbonyl (C=O) groups excluding carboxylic acids is 1. The monoisotopic (exact) mass is 411 g/mol. The Morgan fingerprint density at radius 2 is 2.07 bits per heavy atom. The lowest BCUT2D eigenvalue weighted by Gasteiger charge is -2.24. The van der Waals surface area contributed by atoms with Crippen LogP contribution in [0.3, 0.4) is 0 Å². The summed E-state index contributed by atoms with van der Waals surface area (Å²) in [5.41, 5.74) is 2.20. The zero-order valence-electron chi connectivity index (χ0n) is 15.3. The fraction of sp³-hybridized carbons (Fsp3) is 0.211. The van der Waals surface area contributed by atoms with Gasteiger partial charge in [-0.2, -0.15) is 10.4 Å². The van der Waals surface area contributed by atoms with E-state index >= 15 is 0 Å². The van der Waals surface area contributed by atoms with Crippen LogP contribution in [0.25, 0.3) is 5.82 Å². The Hall–Kier alpha value is -3.32. The van der Waals surface area contributed by atoms with Crippen LogP contribution in [0.5, 0.6) is 0 Å². The van der Waals surface area contributed by atoms with Gasteiger partial charge in [-0.05, 0) is 23.8 Å². The summed E-state index contributed by atoms with van der Waals surface area (Å²) < 4.78 is 7.15. The van der Waals surface area contributed by atoms with Crippen LogP contribution in [-0.2, 0) is 4.74 Å². The Balaban J connectivity index is 0.00000240. The second-order valence-electron chi connectivity index (χ2n) is 6.16. The van der Waals surface area contributed by atoms with Gasteiger partial charge in [0.1, 0.15) is 6.07 Å². The fourth-order valence-electron chi connectivity index (χ4n) is 2.83. The normalized spacial score (nSPS) is 15.8. The maximum atomic E-state index is 12.4. The maximum Gasteiger partial charge on any atom is 0.276 e. The van der Waals surface area contributed by atoms with Crippen molar-refractivity contribution in [2.75, 3.05) is 25.0 Å². The lowest BCUT2D eigenvalue weighted by atomic mass is 10.1. The Morgan fingerprint density at radius 3 is 2.72 bits per heavy atom. The van der Waals surface area contributed by atoms with Crippen LogP contribution >= 0.6 is 12.4 Å². The van der Waals surface area contributed by atoms with Crippen molar-refractivity contribution in [1.29, 1.82) is 5.26 Å². The quantitative estimate of drug-likeness (QED) is 0.672. The van der Waals surface area contributed by atoms with E-state index in [0.29, 0.717) is 18.1 Å². The van der Waals surface area contributed by atoms with Crippen LogP contribution in [-0.4, -0.2) is 45.4 Å². The molecule has 0 spiro atoms. The molecule has 29 heavy (non-hydrogen) atoms. The van der Waals surface area contributed by atoms with Crippen molar-refractivity contribution < 1.29 is 9.53 Å². The van der Waals surface area contributed by atoms with Crippen molar-refractivity contribution >= 4 is 24.0 Å². The summed E-state index contributed by atoms with van der Waals surface area (Å²) in [6.07, 6.45) is 4.42. The minimum absolute atomic E-state index is 0. The molecule has 1 fully saturated rings. The van der Waals surface area contributed by atoms with Gasteiger partial charge in [-0.3, -0.25) is 4.79 Å². The molecule has 3 heterocycles. The van der Waals surface area contributed by atoms with Crippen molar-refractivity contribution in [2.24, 2.45) is 0 Å². The molecular formula is C19H18ClN7O2. The molecule has 0 bridgehead atoms. The minimum atomic E-state index is -0.330. The van der Waals surface area contributed by atoms with Crippen molar-refractivity contribution in [3.8, 4) is 11.9 Å². The number of nitriles is 1. The van der Waals surface area contributed by atoms with Gasteiger partial charge in [0.25, 0.3) is 5.91 Å². The first-order valence-electron chi connectivity index (χ1n) is 8.75. The van der Waals surface area contributed by atoms with Crippen LogP contribution in [0.15, 0.2) is 48.9 Å². The van der Waals surface area contributed by atoms with Gasteiger partial charge in [0.2, 0.25) is 0 Å². The summed E-state index contributed by atoms with van der Waals surface area (Å²) in [5, 5.41) is 19.1. The smallest absolute Gasteiger partial charge is 0.276 e. The molecule has 4 rings (SSSR count). The summed E-state index contributed by atoms with van der Waals surface area (Å²) in [6.45, 7) is 2.34. The highest BCUT2D eigenvalue weighted by Gasteiger charge is 2.16. The molecule has 0 saturated carbocycles. The second-order valence-corrected chi connectivity index (χ2v) is 6.16. The molecule has 1 aliphatic rings. The molecule has 9 nitrogen and oxygen atoms in total. The Morgan fingerprint density at radius 1 is 1.24 bits per heavy atom. The predicted molar refractivity (Wildman–Crippen MR) is 107 cm³/mol. The second kappa shape index (κ2) is 9.25. The van der Waals surface area contributed by atoms with Gasteiger partial charge in [-0.15, -0.1) is 12.4 Å². The van der Waals surface area contributed by atoms with Crippen molar-refractivity contribution in [3.63, 3.8) is 0 Å². The minimum Gasteiger partial charge on any atom is -0.371 e. The molecule has 0 aliphatic carbocycles. The third-order valence-corrected chi connectivity index (χ3v) is 4.28. The van der Waals surface area contributed by atoms with Crippen molar-refractivity contribution in [2.45, 2.75) is 6.10 Å². The van der Waals surface area contributed by atoms with E-state index in [1.54, 1.807) is 12.3 Å². The molecule has 1 aliphatic heterocycles. The van der Waals surface area contributed by atoms with Crippen LogP contribution in [0.4, 0.5) is 5.69 Å². The Kier molecular flexibility index (Phi) is 6.51. The fourth-order valence-corrected chi connectivity index (χ4v) is 2.83. The third-order valence-electron chi connectivity index (χ3n) is 4.28. The summed E-state index contributed by atoms with van der Waals surface area (Å²) in [4.78, 5) is 20.5. The highest BCUT2D eigenvalue weighted by atomic mass is 35.5. The number of halogens is 1. The van der Waals surface area contributed by atoms with Gasteiger partial charge in [0.05, 0.1) is 25.1 Å². The number of nitrogens with zero attached hydrogens (tertiary/aromatic N) is 5. The number of ether oxygens (including phenoxy) is 1. The molecule has 3 aromatic rings. The molecule has 1 atom stereocenters. The van der Waals surface area contributed by atoms with E-state index < -0.39 is 0 Å². The van der Waals surface area contributed by atoms with E-state index in [-0.39, 0.29) is 35.8 Å². The Bertz CT molecular complexity index is 1010. The number of anilines is 1. The maximum absolute atomic E-state index is 12.4. The largest absolute Gasteiger partial charge is 0.371 e. The molecule has 1 unspecified atom stereocenters. The molecule has 1 amide bonds. The first-order chi connectivity index (χ1) is 13.7. The summed E-state index contributed by atoms with van der Waals surface area (Å²) in [6, 6.07) is 11.1. The Labute approximate surface area is 173 Å². The standard InChI is InChI=1S/C19H17N7O2.ClH/c20-9-15-10-23-18(12-22-15)26-7-5-16(25-26)19(27)24-14-3-1-13(2-4-14)17-11-21-6-8-28-17;/h1-5,7,10,12,17,21H,6,8,11H2,(H,24,27);1H. The van der Waals surface area contributed by atoms with E-state index in [9.17, 15) is 4.79 Å². The van der Waals surface area contributed by atoms with Gasteiger partial charge in [-0.1, -0.05) is 12.1 Å². The number of amides is 1. The number of benzene rings is 1. The van der Waals surface area contributed by atoms with E-state index in [1.165, 1.54) is 17.1 Å². The molecule has 2 aromatic heterocycles. The third kappa shape index (κ3) is 4.75. The van der Waals surface area contributed by atoms with Gasteiger partial charge in [0, 0.05) is 25.0 Å². The van der Waals surface area contributed by atoms with Gasteiger partial charge in [-0.25, -0.2) is 14.6 Å². The lowest BCUT2D eigenvalue weighted by Crippen LogP contribution is -2.33. The van der Waals surface area contributed by atoms with Gasteiger partial charge < -0.3 is 15.4 Å². The summed E-state index contributed by atoms with van der Waals surface area (Å²) >= 11 is 0. The number of carbonyl (C=O) groups is 1. The zero-order valence-corrected chi connectivity index (χ0v) is 16.1. The van der Waals surface area contributed by atoms with Crippen LogP contribution < -0.4 is 10.6 Å². The van der Waals surface area contributed by atoms with E-state index in [4.69, 9.17) is 10.00 Å². The van der Waals surface area contributed by atoms with E-state index in [2.05, 4.69) is 25.7 Å².